The topological polar surface area (TPSA) is 60.9 Å². The predicted octanol–water partition coefficient (Wildman–Crippen LogP) is 2.66. The number of amides is 2. The van der Waals surface area contributed by atoms with Crippen LogP contribution in [0.4, 0.5) is 4.79 Å². The van der Waals surface area contributed by atoms with Gasteiger partial charge in [-0.3, -0.25) is 4.79 Å². The Morgan fingerprint density at radius 1 is 1.30 bits per heavy atom. The van der Waals surface area contributed by atoms with E-state index in [1.54, 1.807) is 4.90 Å². The lowest BCUT2D eigenvalue weighted by Crippen LogP contribution is -2.48. The van der Waals surface area contributed by atoms with Crippen LogP contribution in [-0.2, 0) is 4.79 Å². The van der Waals surface area contributed by atoms with Crippen LogP contribution in [0.1, 0.15) is 47.5 Å². The van der Waals surface area contributed by atoms with Crippen LogP contribution in [0.3, 0.4) is 0 Å². The molecule has 0 radical (unpaired) electrons. The van der Waals surface area contributed by atoms with Crippen molar-refractivity contribution in [2.75, 3.05) is 19.6 Å². The van der Waals surface area contributed by atoms with Crippen molar-refractivity contribution in [3.63, 3.8) is 0 Å². The molecule has 0 aromatic carbocycles. The summed E-state index contributed by atoms with van der Waals surface area (Å²) < 4.78 is 0. The van der Waals surface area contributed by atoms with E-state index < -0.39 is 11.4 Å². The van der Waals surface area contributed by atoms with Gasteiger partial charge in [-0.25, -0.2) is 4.79 Å². The van der Waals surface area contributed by atoms with Crippen molar-refractivity contribution in [2.24, 2.45) is 11.3 Å². The van der Waals surface area contributed by atoms with Gasteiger partial charge in [0.05, 0.1) is 5.41 Å². The van der Waals surface area contributed by atoms with Crippen molar-refractivity contribution in [1.29, 1.82) is 0 Å². The Hall–Kier alpha value is -1.26. The number of hydrogen-bond acceptors (Lipinski definition) is 2. The van der Waals surface area contributed by atoms with E-state index in [0.717, 1.165) is 6.42 Å². The maximum atomic E-state index is 12.6. The number of rotatable bonds is 5. The quantitative estimate of drug-likeness (QED) is 0.844. The van der Waals surface area contributed by atoms with Gasteiger partial charge >= 0.3 is 12.0 Å². The minimum absolute atomic E-state index is 0.0226. The standard InChI is InChI=1S/C15H28N2O3/c1-6-12(5)17(7-2)14(20)16-9-8-15(10-16,11(3)4)13(18)19/h11-12H,6-10H2,1-5H3,(H,18,19). The first-order valence-electron chi connectivity index (χ1n) is 7.59. The molecule has 1 fully saturated rings. The van der Waals surface area contributed by atoms with Crippen LogP contribution in [0.15, 0.2) is 0 Å². The Morgan fingerprint density at radius 3 is 2.25 bits per heavy atom. The number of likely N-dealkylation sites (tertiary alicyclic amines) is 1. The SMILES string of the molecule is CCC(C)N(CC)C(=O)N1CCC(C(=O)O)(C(C)C)C1. The molecule has 2 amide bonds. The lowest BCUT2D eigenvalue weighted by atomic mass is 9.76. The molecular formula is C15H28N2O3. The molecule has 0 aromatic heterocycles. The molecule has 1 saturated heterocycles. The van der Waals surface area contributed by atoms with Crippen molar-refractivity contribution < 1.29 is 14.7 Å². The smallest absolute Gasteiger partial charge is 0.320 e. The predicted molar refractivity (Wildman–Crippen MR) is 78.6 cm³/mol. The van der Waals surface area contributed by atoms with Gasteiger partial charge in [0, 0.05) is 25.7 Å². The minimum atomic E-state index is -0.787. The Morgan fingerprint density at radius 2 is 1.90 bits per heavy atom. The molecule has 0 spiro atoms. The van der Waals surface area contributed by atoms with Crippen molar-refractivity contribution in [3.05, 3.63) is 0 Å². The molecular weight excluding hydrogens is 256 g/mol. The normalized spacial score (nSPS) is 24.0. The molecule has 1 aliphatic heterocycles. The van der Waals surface area contributed by atoms with Gasteiger partial charge in [-0.05, 0) is 32.6 Å². The van der Waals surface area contributed by atoms with Gasteiger partial charge in [-0.2, -0.15) is 0 Å². The summed E-state index contributed by atoms with van der Waals surface area (Å²) in [4.78, 5) is 27.7. The highest BCUT2D eigenvalue weighted by Gasteiger charge is 2.49. The second kappa shape index (κ2) is 6.46. The third-order valence-electron chi connectivity index (χ3n) is 4.81. The molecule has 1 heterocycles. The fraction of sp³-hybridized carbons (Fsp3) is 0.867. The lowest BCUT2D eigenvalue weighted by molar-refractivity contribution is -0.150. The highest BCUT2D eigenvalue weighted by atomic mass is 16.4. The van der Waals surface area contributed by atoms with Gasteiger partial charge in [-0.15, -0.1) is 0 Å². The van der Waals surface area contributed by atoms with Crippen LogP contribution in [-0.4, -0.2) is 52.6 Å². The first-order valence-corrected chi connectivity index (χ1v) is 7.59. The average Bonchev–Trinajstić information content (AvgIpc) is 2.85. The van der Waals surface area contributed by atoms with Crippen LogP contribution in [0, 0.1) is 11.3 Å². The van der Waals surface area contributed by atoms with E-state index in [4.69, 9.17) is 0 Å². The van der Waals surface area contributed by atoms with Crippen molar-refractivity contribution in [1.82, 2.24) is 9.80 Å². The Labute approximate surface area is 121 Å². The third kappa shape index (κ3) is 2.91. The van der Waals surface area contributed by atoms with Crippen LogP contribution < -0.4 is 0 Å². The molecule has 116 valence electrons. The van der Waals surface area contributed by atoms with Gasteiger partial charge in [0.15, 0.2) is 0 Å². The fourth-order valence-corrected chi connectivity index (χ4v) is 2.93. The largest absolute Gasteiger partial charge is 0.481 e. The summed E-state index contributed by atoms with van der Waals surface area (Å²) in [5, 5.41) is 9.53. The fourth-order valence-electron chi connectivity index (χ4n) is 2.93. The number of carbonyl (C=O) groups excluding carboxylic acids is 1. The molecule has 0 aliphatic carbocycles. The molecule has 5 heteroatoms. The first kappa shape index (κ1) is 16.8. The zero-order chi connectivity index (χ0) is 15.5. The number of carboxylic acid groups (broad SMARTS) is 1. The number of urea groups is 1. The molecule has 0 bridgehead atoms. The number of aliphatic carboxylic acids is 1. The molecule has 2 atom stereocenters. The summed E-state index contributed by atoms with van der Waals surface area (Å²) in [6.07, 6.45) is 1.45. The molecule has 0 aromatic rings. The maximum Gasteiger partial charge on any atom is 0.320 e. The van der Waals surface area contributed by atoms with Crippen molar-refractivity contribution in [2.45, 2.75) is 53.5 Å². The summed E-state index contributed by atoms with van der Waals surface area (Å²) in [6.45, 7) is 11.4. The zero-order valence-corrected chi connectivity index (χ0v) is 13.3. The van der Waals surface area contributed by atoms with Crippen LogP contribution in [0.5, 0.6) is 0 Å². The number of nitrogens with zero attached hydrogens (tertiary/aromatic N) is 2. The van der Waals surface area contributed by atoms with Gasteiger partial charge in [0.2, 0.25) is 0 Å². The summed E-state index contributed by atoms with van der Waals surface area (Å²) in [7, 11) is 0. The van der Waals surface area contributed by atoms with Gasteiger partial charge in [-0.1, -0.05) is 20.8 Å². The number of carboxylic acids is 1. The van der Waals surface area contributed by atoms with Crippen LogP contribution in [0.25, 0.3) is 0 Å². The summed E-state index contributed by atoms with van der Waals surface area (Å²) in [5.41, 5.74) is -0.787. The molecule has 0 saturated carbocycles. The van der Waals surface area contributed by atoms with E-state index in [1.807, 2.05) is 32.6 Å². The molecule has 2 unspecified atom stereocenters. The van der Waals surface area contributed by atoms with Gasteiger partial charge in [0.1, 0.15) is 0 Å². The second-order valence-electron chi connectivity index (χ2n) is 6.11. The Bertz CT molecular complexity index is 370. The van der Waals surface area contributed by atoms with E-state index >= 15 is 0 Å². The Balaban J connectivity index is 2.85. The second-order valence-corrected chi connectivity index (χ2v) is 6.11. The summed E-state index contributed by atoms with van der Waals surface area (Å²) in [6, 6.07) is 0.164. The molecule has 5 nitrogen and oxygen atoms in total. The summed E-state index contributed by atoms with van der Waals surface area (Å²) >= 11 is 0. The Kier molecular flexibility index (Phi) is 5.42. The molecule has 1 N–H and O–H groups in total. The monoisotopic (exact) mass is 284 g/mol. The van der Waals surface area contributed by atoms with Gasteiger partial charge in [0.25, 0.3) is 0 Å². The maximum absolute atomic E-state index is 12.6. The van der Waals surface area contributed by atoms with Crippen molar-refractivity contribution in [3.8, 4) is 0 Å². The molecule has 1 rings (SSSR count). The molecule has 1 aliphatic rings. The number of carbonyl (C=O) groups is 2. The highest BCUT2D eigenvalue weighted by molar-refractivity contribution is 5.80. The van der Waals surface area contributed by atoms with Gasteiger partial charge < -0.3 is 14.9 Å². The van der Waals surface area contributed by atoms with Crippen molar-refractivity contribution >= 4 is 12.0 Å². The van der Waals surface area contributed by atoms with E-state index in [9.17, 15) is 14.7 Å². The average molecular weight is 284 g/mol. The third-order valence-corrected chi connectivity index (χ3v) is 4.81. The zero-order valence-electron chi connectivity index (χ0n) is 13.3. The van der Waals surface area contributed by atoms with E-state index in [1.165, 1.54) is 0 Å². The molecule has 20 heavy (non-hydrogen) atoms. The first-order chi connectivity index (χ1) is 9.30. The highest BCUT2D eigenvalue weighted by Crippen LogP contribution is 2.38. The number of hydrogen-bond donors (Lipinski definition) is 1. The minimum Gasteiger partial charge on any atom is -0.481 e. The van der Waals surface area contributed by atoms with Crippen LogP contribution >= 0.6 is 0 Å². The lowest BCUT2D eigenvalue weighted by Gasteiger charge is -2.33. The van der Waals surface area contributed by atoms with E-state index in [-0.39, 0.29) is 18.0 Å². The van der Waals surface area contributed by atoms with E-state index in [0.29, 0.717) is 26.1 Å². The van der Waals surface area contributed by atoms with E-state index in [2.05, 4.69) is 6.92 Å². The summed E-state index contributed by atoms with van der Waals surface area (Å²) in [5.74, 6) is -0.758. The van der Waals surface area contributed by atoms with Crippen LogP contribution in [0.2, 0.25) is 0 Å².